The highest BCUT2D eigenvalue weighted by molar-refractivity contribution is 9.10. The number of aryl methyl sites for hydroxylation is 2. The molecular formula is C62H70BBrF4N12O4. The summed E-state index contributed by atoms with van der Waals surface area (Å²) in [5.74, 6) is -5.31. The summed E-state index contributed by atoms with van der Waals surface area (Å²) in [5, 5.41) is 51.8. The van der Waals surface area contributed by atoms with Gasteiger partial charge >= 0.3 is 7.12 Å². The van der Waals surface area contributed by atoms with Gasteiger partial charge in [-0.15, -0.1) is 20.4 Å². The Morgan fingerprint density at radius 1 is 0.583 bits per heavy atom. The summed E-state index contributed by atoms with van der Waals surface area (Å²) in [5.41, 5.74) is 9.71. The Kier molecular flexibility index (Phi) is 21.6. The zero-order valence-corrected chi connectivity index (χ0v) is 49.1. The van der Waals surface area contributed by atoms with E-state index in [1.165, 1.54) is 0 Å². The molecule has 2 fully saturated rings. The topological polar surface area (TPSA) is 214 Å². The molecule has 2 aliphatic rings. The number of anilines is 4. The second-order valence-electron chi connectivity index (χ2n) is 21.8. The first-order valence-corrected chi connectivity index (χ1v) is 29.0. The van der Waals surface area contributed by atoms with Crippen LogP contribution in [-0.2, 0) is 22.4 Å². The van der Waals surface area contributed by atoms with Crippen LogP contribution in [0.1, 0.15) is 100 Å². The van der Waals surface area contributed by atoms with Crippen molar-refractivity contribution in [2.75, 3.05) is 33.5 Å². The number of benzene rings is 6. The summed E-state index contributed by atoms with van der Waals surface area (Å²) in [6, 6.07) is 41.1. The monoisotopic (exact) mass is 1210 g/mol. The fourth-order valence-corrected chi connectivity index (χ4v) is 11.1. The average molecular weight is 1210 g/mol. The number of carbonyl (C=O) groups excluding carboxylic acids is 2. The van der Waals surface area contributed by atoms with Crippen molar-refractivity contribution in [3.05, 3.63) is 160 Å². The van der Waals surface area contributed by atoms with Crippen LogP contribution < -0.4 is 25.9 Å². The number of nitrogens with one attached hydrogen (secondary N) is 4. The fraction of sp³-hybridized carbons (Fsp3) is 0.355. The van der Waals surface area contributed by atoms with Crippen LogP contribution in [0.5, 0.6) is 0 Å². The third-order valence-corrected chi connectivity index (χ3v) is 15.2. The molecule has 440 valence electrons. The van der Waals surface area contributed by atoms with Crippen LogP contribution in [0.2, 0.25) is 0 Å². The van der Waals surface area contributed by atoms with Gasteiger partial charge in [0.05, 0.1) is 48.7 Å². The van der Waals surface area contributed by atoms with Crippen molar-refractivity contribution in [3.8, 4) is 33.9 Å². The maximum atomic E-state index is 14.5. The van der Waals surface area contributed by atoms with Gasteiger partial charge < -0.3 is 30.5 Å². The van der Waals surface area contributed by atoms with Gasteiger partial charge in [-0.05, 0) is 108 Å². The molecule has 6 N–H and O–H groups in total. The van der Waals surface area contributed by atoms with E-state index >= 15 is 0 Å². The van der Waals surface area contributed by atoms with Crippen molar-refractivity contribution in [1.29, 1.82) is 0 Å². The Balaban J connectivity index is 0.000000183. The smallest absolute Gasteiger partial charge is 0.423 e. The molecule has 22 heteroatoms. The van der Waals surface area contributed by atoms with E-state index in [1.54, 1.807) is 40.1 Å². The molecule has 84 heavy (non-hydrogen) atoms. The van der Waals surface area contributed by atoms with Crippen molar-refractivity contribution in [3.63, 3.8) is 0 Å². The lowest BCUT2D eigenvalue weighted by atomic mass is 9.77. The highest BCUT2D eigenvalue weighted by Crippen LogP contribution is 2.40. The average Bonchev–Trinajstić information content (AvgIpc) is 4.26. The zero-order chi connectivity index (χ0) is 59.8. The van der Waals surface area contributed by atoms with Gasteiger partial charge in [0.1, 0.15) is 0 Å². The summed E-state index contributed by atoms with van der Waals surface area (Å²) < 4.78 is 58.0. The number of aromatic amines is 2. The minimum Gasteiger partial charge on any atom is -0.423 e. The number of carbonyl (C=O) groups is 2. The second-order valence-corrected chi connectivity index (χ2v) is 22.7. The molecule has 2 saturated carbocycles. The van der Waals surface area contributed by atoms with Gasteiger partial charge in [-0.25, -0.2) is 17.6 Å². The van der Waals surface area contributed by atoms with E-state index in [4.69, 9.17) is 10.0 Å². The molecular weight excluding hydrogens is 1140 g/mol. The van der Waals surface area contributed by atoms with Crippen LogP contribution in [0.4, 0.5) is 40.3 Å². The minimum atomic E-state index is -2.90. The van der Waals surface area contributed by atoms with Crippen molar-refractivity contribution < 1.29 is 37.2 Å². The highest BCUT2D eigenvalue weighted by atomic mass is 79.9. The molecule has 6 aromatic carbocycles. The number of hydrogen-bond donors (Lipinski definition) is 6. The van der Waals surface area contributed by atoms with Crippen molar-refractivity contribution in [1.82, 2.24) is 41.2 Å². The first-order chi connectivity index (χ1) is 40.3. The Labute approximate surface area is 495 Å². The predicted molar refractivity (Wildman–Crippen MR) is 325 cm³/mol. The van der Waals surface area contributed by atoms with Crippen LogP contribution in [0.3, 0.4) is 0 Å². The lowest BCUT2D eigenvalue weighted by Crippen LogP contribution is -2.43. The predicted octanol–water partition coefficient (Wildman–Crippen LogP) is 12.1. The molecule has 2 aromatic heterocycles. The molecule has 0 unspecified atom stereocenters. The number of H-pyrrole nitrogens is 2. The Morgan fingerprint density at radius 2 is 1.01 bits per heavy atom. The molecule has 0 saturated heterocycles. The van der Waals surface area contributed by atoms with E-state index < -0.39 is 25.5 Å². The van der Waals surface area contributed by atoms with Gasteiger partial charge in [0.2, 0.25) is 23.5 Å². The molecule has 0 atom stereocenters. The number of nitrogens with zero attached hydrogens (tertiary/aromatic N) is 8. The van der Waals surface area contributed by atoms with Gasteiger partial charge in [-0.3, -0.25) is 9.59 Å². The number of alkyl halides is 4. The molecule has 0 aliphatic heterocycles. The van der Waals surface area contributed by atoms with Gasteiger partial charge in [0.15, 0.2) is 0 Å². The van der Waals surface area contributed by atoms with Gasteiger partial charge in [-0.1, -0.05) is 169 Å². The lowest BCUT2D eigenvalue weighted by molar-refractivity contribution is -0.116. The molecule has 0 radical (unpaired) electrons. The number of rotatable bonds is 18. The van der Waals surface area contributed by atoms with Gasteiger partial charge in [0, 0.05) is 41.5 Å². The summed E-state index contributed by atoms with van der Waals surface area (Å²) in [6.45, 7) is 5.13. The van der Waals surface area contributed by atoms with E-state index in [-0.39, 0.29) is 43.3 Å². The minimum absolute atomic E-state index is 0.0233. The first kappa shape index (κ1) is 62.2. The van der Waals surface area contributed by atoms with Gasteiger partial charge in [0.25, 0.3) is 11.8 Å². The number of tetrazole rings is 2. The molecule has 2 amide bonds. The number of aromatic nitrogens is 8. The summed E-state index contributed by atoms with van der Waals surface area (Å²) in [7, 11) is -1.54. The van der Waals surface area contributed by atoms with Crippen LogP contribution in [0, 0.1) is 13.8 Å². The Hall–Kier alpha value is -7.82. The highest BCUT2D eigenvalue weighted by Gasteiger charge is 2.34. The van der Waals surface area contributed by atoms with Crippen molar-refractivity contribution >= 4 is 63.1 Å². The van der Waals surface area contributed by atoms with Crippen molar-refractivity contribution in [2.45, 2.75) is 129 Å². The van der Waals surface area contributed by atoms with E-state index in [1.807, 2.05) is 117 Å². The lowest BCUT2D eigenvalue weighted by Gasteiger charge is -2.38. The quantitative estimate of drug-likeness (QED) is 0.0350. The van der Waals surface area contributed by atoms with E-state index in [9.17, 15) is 27.2 Å². The Morgan fingerprint density at radius 3 is 1.46 bits per heavy atom. The number of halogens is 5. The van der Waals surface area contributed by atoms with Crippen LogP contribution >= 0.6 is 15.9 Å². The molecule has 2 aliphatic carbocycles. The maximum absolute atomic E-state index is 14.5. The van der Waals surface area contributed by atoms with Gasteiger partial charge in [-0.2, -0.15) is 10.4 Å². The molecule has 2 heterocycles. The standard InChI is InChI=1S/C31H34F2N6O.C24H29BrF2N2O.C7H7BN4O2/c1-21-12-14-22(15-13-21)18-29(40)34-27-19-23(25-10-6-7-11-26(25)30-35-37-38-36-30)16-17-28(27)39(20-31(2,32)33)24-8-4-3-5-9-24;1-17-8-10-18(11-9-17)14-23(30)28-21-15-19(25)12-13-22(21)29(16-24(2,26)27)20-6-4-3-5-7-20;13-8(14)6-4-2-1-3-5(6)7-9-11-12-10-7/h6-7,10-17,19,24H,3-5,8-9,18,20H2,1-2H3,(H,34,40)(H,35,36,37,38);8-13,15,20H,3-7,14,16H2,1-2H3,(H,28,30);1-4,13-14H,(H,9,10,11,12). The Bertz CT molecular complexity index is 3370. The summed E-state index contributed by atoms with van der Waals surface area (Å²) in [6.07, 6.45) is 10.2. The van der Waals surface area contributed by atoms with E-state index in [2.05, 4.69) is 67.8 Å². The van der Waals surface area contributed by atoms with E-state index in [0.29, 0.717) is 45.4 Å². The first-order valence-electron chi connectivity index (χ1n) is 28.2. The maximum Gasteiger partial charge on any atom is 0.489 e. The largest absolute Gasteiger partial charge is 0.489 e. The number of hydrogen-bond acceptors (Lipinski definition) is 12. The zero-order valence-electron chi connectivity index (χ0n) is 47.5. The fourth-order valence-electron chi connectivity index (χ4n) is 10.7. The SMILES string of the molecule is Cc1ccc(CC(=O)Nc2cc(-c3ccccc3-c3nn[nH]n3)ccc2N(CC(C)(F)F)C2CCCCC2)cc1.Cc1ccc(CC(=O)Nc2cc(Br)ccc2N(CC(C)(F)F)C2CCCCC2)cc1.OB(O)c1ccccc1-c1nn[nH]n1. The van der Waals surface area contributed by atoms with Crippen molar-refractivity contribution in [2.24, 2.45) is 0 Å². The third kappa shape index (κ3) is 18.1. The molecule has 0 spiro atoms. The molecule has 0 bridgehead atoms. The summed E-state index contributed by atoms with van der Waals surface area (Å²) in [4.78, 5) is 29.6. The van der Waals surface area contributed by atoms with Crippen LogP contribution in [-0.4, -0.2) is 107 Å². The third-order valence-electron chi connectivity index (χ3n) is 14.7. The summed E-state index contributed by atoms with van der Waals surface area (Å²) >= 11 is 3.45. The number of amides is 2. The van der Waals surface area contributed by atoms with Crippen LogP contribution in [0.15, 0.2) is 138 Å². The molecule has 16 nitrogen and oxygen atoms in total. The molecule has 10 rings (SSSR count). The van der Waals surface area contributed by atoms with E-state index in [0.717, 1.165) is 121 Å². The van der Waals surface area contributed by atoms with Crippen LogP contribution in [0.25, 0.3) is 33.9 Å². The normalized spacial score (nSPS) is 13.8. The second kappa shape index (κ2) is 29.1. The molecule has 8 aromatic rings.